The third-order valence-electron chi connectivity index (χ3n) is 1.65. The first kappa shape index (κ1) is 14.2. The molecule has 0 fully saturated rings. The molecule has 0 aliphatic carbocycles. The van der Waals surface area contributed by atoms with Crippen molar-refractivity contribution in [1.29, 1.82) is 0 Å². The minimum atomic E-state index is -3.72. The van der Waals surface area contributed by atoms with Crippen LogP contribution in [0.1, 0.15) is 0 Å². The molecule has 0 saturated heterocycles. The molecule has 0 amide bonds. The minimum absolute atomic E-state index is 0.154. The standard InChI is InChI=1S/C8H5NO2S.Cl2O2S/c10-9(11)7-1-2-8-6(5-7)3-4-12-8;1-5(2,3)4/h1-5H;. The maximum Gasteiger partial charge on any atom is 0.317 e. The average molecular weight is 314 g/mol. The Hall–Kier alpha value is -0.890. The second-order valence-corrected chi connectivity index (χ2v) is 7.39. The topological polar surface area (TPSA) is 77.3 Å². The Morgan fingerprint density at radius 3 is 2.35 bits per heavy atom. The van der Waals surface area contributed by atoms with E-state index in [9.17, 15) is 10.1 Å². The summed E-state index contributed by atoms with van der Waals surface area (Å²) in [4.78, 5) is 10.00. The lowest BCUT2D eigenvalue weighted by atomic mass is 10.2. The zero-order chi connectivity index (χ0) is 13.1. The molecule has 92 valence electrons. The van der Waals surface area contributed by atoms with E-state index < -0.39 is 8.26 Å². The first-order chi connectivity index (χ1) is 7.77. The number of nitro benzene ring substituents is 1. The number of hydrogen-bond donors (Lipinski definition) is 0. The summed E-state index contributed by atoms with van der Waals surface area (Å²) in [5.41, 5.74) is 0.154. The molecule has 9 heteroatoms. The Labute approximate surface area is 110 Å². The largest absolute Gasteiger partial charge is 0.317 e. The summed E-state index contributed by atoms with van der Waals surface area (Å²) in [6.07, 6.45) is 0. The number of halogens is 2. The summed E-state index contributed by atoms with van der Waals surface area (Å²) in [6.45, 7) is 0. The van der Waals surface area contributed by atoms with E-state index in [1.54, 1.807) is 23.5 Å². The first-order valence-corrected chi connectivity index (χ1v) is 8.05. The van der Waals surface area contributed by atoms with Gasteiger partial charge in [0.1, 0.15) is 0 Å². The molecule has 1 heterocycles. The van der Waals surface area contributed by atoms with Crippen molar-refractivity contribution in [3.05, 3.63) is 39.8 Å². The van der Waals surface area contributed by atoms with Gasteiger partial charge in [0.05, 0.1) is 4.92 Å². The summed E-state index contributed by atoms with van der Waals surface area (Å²) in [5.74, 6) is 0. The van der Waals surface area contributed by atoms with Crippen LogP contribution in [0.3, 0.4) is 0 Å². The number of nitro groups is 1. The van der Waals surface area contributed by atoms with Crippen LogP contribution in [0.4, 0.5) is 5.69 Å². The van der Waals surface area contributed by atoms with Crippen LogP contribution in [0.25, 0.3) is 10.1 Å². The number of thiophene rings is 1. The van der Waals surface area contributed by atoms with Gasteiger partial charge in [0.15, 0.2) is 0 Å². The summed E-state index contributed by atoms with van der Waals surface area (Å²) in [7, 11) is 4.81. The van der Waals surface area contributed by atoms with Crippen molar-refractivity contribution in [2.75, 3.05) is 0 Å². The van der Waals surface area contributed by atoms with E-state index in [0.717, 1.165) is 10.1 Å². The van der Waals surface area contributed by atoms with Crippen LogP contribution in [0, 0.1) is 10.1 Å². The Morgan fingerprint density at radius 1 is 1.24 bits per heavy atom. The van der Waals surface area contributed by atoms with E-state index in [1.165, 1.54) is 6.07 Å². The van der Waals surface area contributed by atoms with Crippen molar-refractivity contribution >= 4 is 56.7 Å². The number of non-ortho nitro benzene ring substituents is 1. The van der Waals surface area contributed by atoms with Gasteiger partial charge in [0.25, 0.3) is 5.69 Å². The lowest BCUT2D eigenvalue weighted by molar-refractivity contribution is -0.384. The molecular weight excluding hydrogens is 309 g/mol. The Morgan fingerprint density at radius 2 is 1.82 bits per heavy atom. The molecule has 0 spiro atoms. The minimum Gasteiger partial charge on any atom is -0.258 e. The fraction of sp³-hybridized carbons (Fsp3) is 0. The zero-order valence-electron chi connectivity index (χ0n) is 8.04. The number of hydrogen-bond acceptors (Lipinski definition) is 5. The molecule has 0 aliphatic rings. The van der Waals surface area contributed by atoms with Gasteiger partial charge in [-0.15, -0.1) is 11.3 Å². The van der Waals surface area contributed by atoms with Crippen LogP contribution >= 0.6 is 32.7 Å². The van der Waals surface area contributed by atoms with Crippen molar-refractivity contribution in [2.24, 2.45) is 0 Å². The highest BCUT2D eigenvalue weighted by atomic mass is 36.0. The van der Waals surface area contributed by atoms with Gasteiger partial charge in [-0.25, -0.2) is 0 Å². The van der Waals surface area contributed by atoms with Gasteiger partial charge in [0.2, 0.25) is 0 Å². The average Bonchev–Trinajstić information content (AvgIpc) is 2.60. The molecule has 0 N–H and O–H groups in total. The highest BCUT2D eigenvalue weighted by molar-refractivity contribution is 8.31. The lowest BCUT2D eigenvalue weighted by Gasteiger charge is -1.90. The Balaban J connectivity index is 0.000000249. The van der Waals surface area contributed by atoms with E-state index in [-0.39, 0.29) is 10.6 Å². The number of nitrogens with zero attached hydrogens (tertiary/aromatic N) is 1. The van der Waals surface area contributed by atoms with Crippen LogP contribution in [-0.2, 0) is 8.26 Å². The third-order valence-corrected chi connectivity index (χ3v) is 2.54. The lowest BCUT2D eigenvalue weighted by Crippen LogP contribution is -1.85. The molecule has 2 aromatic rings. The summed E-state index contributed by atoms with van der Waals surface area (Å²) >= 11 is 1.59. The second kappa shape index (κ2) is 5.63. The van der Waals surface area contributed by atoms with Gasteiger partial charge in [0, 0.05) is 38.2 Å². The van der Waals surface area contributed by atoms with Crippen molar-refractivity contribution in [3.63, 3.8) is 0 Å². The molecule has 0 radical (unpaired) electrons. The summed E-state index contributed by atoms with van der Waals surface area (Å²) in [6, 6.07) is 6.77. The Kier molecular flexibility index (Phi) is 4.70. The van der Waals surface area contributed by atoms with E-state index in [4.69, 9.17) is 8.42 Å². The molecular formula is C8H5Cl2NO4S2. The molecule has 2 rings (SSSR count). The highest BCUT2D eigenvalue weighted by Crippen LogP contribution is 2.24. The van der Waals surface area contributed by atoms with Crippen molar-refractivity contribution in [3.8, 4) is 0 Å². The number of benzene rings is 1. The van der Waals surface area contributed by atoms with E-state index in [1.807, 2.05) is 11.4 Å². The Bertz CT molecular complexity index is 630. The van der Waals surface area contributed by atoms with E-state index in [0.29, 0.717) is 0 Å². The van der Waals surface area contributed by atoms with Gasteiger partial charge in [-0.1, -0.05) is 0 Å². The predicted molar refractivity (Wildman–Crippen MR) is 69.1 cm³/mol. The maximum atomic E-state index is 10.4. The van der Waals surface area contributed by atoms with Crippen LogP contribution in [-0.4, -0.2) is 13.3 Å². The molecule has 0 unspecified atom stereocenters. The summed E-state index contributed by atoms with van der Waals surface area (Å²) in [5, 5.41) is 13.2. The zero-order valence-corrected chi connectivity index (χ0v) is 11.2. The second-order valence-electron chi connectivity index (χ2n) is 2.78. The van der Waals surface area contributed by atoms with Crippen LogP contribution < -0.4 is 0 Å². The fourth-order valence-corrected chi connectivity index (χ4v) is 1.84. The van der Waals surface area contributed by atoms with Gasteiger partial charge in [-0.2, -0.15) is 8.42 Å². The molecule has 0 bridgehead atoms. The van der Waals surface area contributed by atoms with Crippen LogP contribution in [0.5, 0.6) is 0 Å². The number of rotatable bonds is 1. The normalized spacial score (nSPS) is 10.7. The third kappa shape index (κ3) is 5.31. The van der Waals surface area contributed by atoms with Crippen molar-refractivity contribution in [2.45, 2.75) is 0 Å². The smallest absolute Gasteiger partial charge is 0.258 e. The van der Waals surface area contributed by atoms with Crippen molar-refractivity contribution in [1.82, 2.24) is 0 Å². The fourth-order valence-electron chi connectivity index (χ4n) is 1.07. The maximum absolute atomic E-state index is 10.4. The van der Waals surface area contributed by atoms with Gasteiger partial charge < -0.3 is 0 Å². The quantitative estimate of drug-likeness (QED) is 0.458. The molecule has 0 atom stereocenters. The summed E-state index contributed by atoms with van der Waals surface area (Å²) < 4.78 is 19.4. The van der Waals surface area contributed by atoms with Gasteiger partial charge in [-0.05, 0) is 22.9 Å². The highest BCUT2D eigenvalue weighted by Gasteiger charge is 2.05. The predicted octanol–water partition coefficient (Wildman–Crippen LogP) is 3.52. The van der Waals surface area contributed by atoms with E-state index >= 15 is 0 Å². The van der Waals surface area contributed by atoms with Gasteiger partial charge in [-0.3, -0.25) is 10.1 Å². The molecule has 17 heavy (non-hydrogen) atoms. The van der Waals surface area contributed by atoms with Crippen LogP contribution in [0.15, 0.2) is 29.6 Å². The van der Waals surface area contributed by atoms with Crippen molar-refractivity contribution < 1.29 is 13.3 Å². The first-order valence-electron chi connectivity index (χ1n) is 4.03. The molecule has 0 saturated carbocycles. The van der Waals surface area contributed by atoms with E-state index in [2.05, 4.69) is 21.4 Å². The van der Waals surface area contributed by atoms with Crippen LogP contribution in [0.2, 0.25) is 0 Å². The molecule has 1 aromatic heterocycles. The SMILES string of the molecule is O=S(=O)(Cl)Cl.O=[N+]([O-])c1ccc2sccc2c1. The molecule has 5 nitrogen and oxygen atoms in total. The molecule has 0 aliphatic heterocycles. The van der Waals surface area contributed by atoms with Gasteiger partial charge >= 0.3 is 8.26 Å². The monoisotopic (exact) mass is 313 g/mol. The number of fused-ring (bicyclic) bond motifs is 1. The molecule has 1 aromatic carbocycles.